The highest BCUT2D eigenvalue weighted by Gasteiger charge is 1.95. The minimum atomic E-state index is -0.430. The molecule has 0 aliphatic carbocycles. The molecule has 0 saturated carbocycles. The maximum absolute atomic E-state index is 10.7. The molecule has 0 atom stereocenters. The molecule has 0 unspecified atom stereocenters. The molecule has 0 aromatic heterocycles. The maximum atomic E-state index is 10.7. The van der Waals surface area contributed by atoms with Crippen LogP contribution in [0.25, 0.3) is 0 Å². The molecule has 0 aromatic carbocycles. The van der Waals surface area contributed by atoms with Gasteiger partial charge in [-0.2, -0.15) is 0 Å². The molecule has 0 spiro atoms. The van der Waals surface area contributed by atoms with Gasteiger partial charge in [0.05, 0.1) is 33.0 Å². The van der Waals surface area contributed by atoms with Crippen LogP contribution in [0.15, 0.2) is 12.7 Å². The van der Waals surface area contributed by atoms with Gasteiger partial charge < -0.3 is 18.9 Å². The normalized spacial score (nSPS) is 10.4. The predicted octanol–water partition coefficient (Wildman–Crippen LogP) is 1.96. The topological polar surface area (TPSA) is 54.0 Å². The van der Waals surface area contributed by atoms with E-state index < -0.39 is 5.97 Å². The molecule has 0 fully saturated rings. The smallest absolute Gasteiger partial charge is 0.330 e. The second kappa shape index (κ2) is 15.1. The highest BCUT2D eigenvalue weighted by atomic mass is 16.6. The molecule has 0 radical (unpaired) electrons. The van der Waals surface area contributed by atoms with Crippen molar-refractivity contribution in [2.75, 3.05) is 46.2 Å². The number of carbonyl (C=O) groups excluding carboxylic acids is 1. The van der Waals surface area contributed by atoms with Crippen LogP contribution in [0.4, 0.5) is 0 Å². The quantitative estimate of drug-likeness (QED) is 0.275. The van der Waals surface area contributed by atoms with Gasteiger partial charge >= 0.3 is 5.97 Å². The first-order valence-electron chi connectivity index (χ1n) is 6.83. The number of ether oxygens (including phenoxy) is 4. The van der Waals surface area contributed by atoms with Gasteiger partial charge in [-0.1, -0.05) is 26.3 Å². The Bertz CT molecular complexity index is 218. The second-order valence-corrected chi connectivity index (χ2v) is 3.92. The van der Waals surface area contributed by atoms with Gasteiger partial charge in [-0.3, -0.25) is 0 Å². The van der Waals surface area contributed by atoms with Crippen LogP contribution < -0.4 is 0 Å². The fourth-order valence-electron chi connectivity index (χ4n) is 1.26. The van der Waals surface area contributed by atoms with Gasteiger partial charge in [0.25, 0.3) is 0 Å². The first kappa shape index (κ1) is 18.1. The van der Waals surface area contributed by atoms with Crippen molar-refractivity contribution in [1.29, 1.82) is 0 Å². The molecule has 5 nitrogen and oxygen atoms in total. The lowest BCUT2D eigenvalue weighted by molar-refractivity contribution is -0.139. The molecule has 0 amide bonds. The van der Waals surface area contributed by atoms with Gasteiger partial charge in [0.15, 0.2) is 0 Å². The Hall–Kier alpha value is -0.910. The van der Waals surface area contributed by atoms with Crippen LogP contribution in [0.3, 0.4) is 0 Å². The standard InChI is InChI=1S/C14H26O5/c1-3-5-6-7-16-8-9-17-10-11-18-12-13-19-14(15)4-2/h4H,2-3,5-13H2,1H3. The number of hydrogen-bond donors (Lipinski definition) is 0. The molecule has 0 aliphatic rings. The van der Waals surface area contributed by atoms with Gasteiger partial charge in [-0.15, -0.1) is 0 Å². The van der Waals surface area contributed by atoms with Crippen molar-refractivity contribution in [3.63, 3.8) is 0 Å². The van der Waals surface area contributed by atoms with Crippen LogP contribution in [0, 0.1) is 0 Å². The SMILES string of the molecule is C=CC(=O)OCCOCCOCCOCCCCC. The van der Waals surface area contributed by atoms with Crippen LogP contribution in [0.5, 0.6) is 0 Å². The Labute approximate surface area is 115 Å². The molecular formula is C14H26O5. The fourth-order valence-corrected chi connectivity index (χ4v) is 1.26. The summed E-state index contributed by atoms with van der Waals surface area (Å²) in [6.07, 6.45) is 4.66. The Morgan fingerprint density at radius 3 is 1.95 bits per heavy atom. The fraction of sp³-hybridized carbons (Fsp3) is 0.786. The second-order valence-electron chi connectivity index (χ2n) is 3.92. The summed E-state index contributed by atoms with van der Waals surface area (Å²) in [5.74, 6) is -0.430. The van der Waals surface area contributed by atoms with E-state index in [9.17, 15) is 4.79 Å². The minimum absolute atomic E-state index is 0.241. The Morgan fingerprint density at radius 1 is 0.895 bits per heavy atom. The van der Waals surface area contributed by atoms with Gasteiger partial charge in [0.1, 0.15) is 6.61 Å². The van der Waals surface area contributed by atoms with E-state index in [1.54, 1.807) is 0 Å². The minimum Gasteiger partial charge on any atom is -0.460 e. The van der Waals surface area contributed by atoms with Crippen LogP contribution >= 0.6 is 0 Å². The number of rotatable bonds is 14. The van der Waals surface area contributed by atoms with E-state index in [1.165, 1.54) is 12.8 Å². The summed E-state index contributed by atoms with van der Waals surface area (Å²) in [6.45, 7) is 9.10. The van der Waals surface area contributed by atoms with Crippen LogP contribution in [0.1, 0.15) is 26.2 Å². The number of carbonyl (C=O) groups is 1. The zero-order valence-corrected chi connectivity index (χ0v) is 11.9. The number of unbranched alkanes of at least 4 members (excludes halogenated alkanes) is 2. The van der Waals surface area contributed by atoms with E-state index in [0.29, 0.717) is 33.0 Å². The van der Waals surface area contributed by atoms with Crippen molar-refractivity contribution >= 4 is 5.97 Å². The van der Waals surface area contributed by atoms with Crippen LogP contribution in [-0.4, -0.2) is 52.2 Å². The Balaban J connectivity index is 2.99. The summed E-state index contributed by atoms with van der Waals surface area (Å²) in [5.41, 5.74) is 0. The van der Waals surface area contributed by atoms with E-state index in [0.717, 1.165) is 19.1 Å². The molecule has 0 aromatic rings. The highest BCUT2D eigenvalue weighted by Crippen LogP contribution is 1.93. The zero-order chi connectivity index (χ0) is 14.2. The van der Waals surface area contributed by atoms with Crippen LogP contribution in [-0.2, 0) is 23.7 Å². The largest absolute Gasteiger partial charge is 0.460 e. The monoisotopic (exact) mass is 274 g/mol. The molecule has 5 heteroatoms. The van der Waals surface area contributed by atoms with Crippen LogP contribution in [0.2, 0.25) is 0 Å². The number of hydrogen-bond acceptors (Lipinski definition) is 5. The van der Waals surface area contributed by atoms with E-state index in [4.69, 9.17) is 18.9 Å². The highest BCUT2D eigenvalue weighted by molar-refractivity contribution is 5.81. The summed E-state index contributed by atoms with van der Waals surface area (Å²) in [7, 11) is 0. The summed E-state index contributed by atoms with van der Waals surface area (Å²) >= 11 is 0. The molecule has 19 heavy (non-hydrogen) atoms. The third kappa shape index (κ3) is 15.0. The molecule has 0 bridgehead atoms. The lowest BCUT2D eigenvalue weighted by Gasteiger charge is -2.06. The molecule has 0 aliphatic heterocycles. The van der Waals surface area contributed by atoms with Crippen molar-refractivity contribution < 1.29 is 23.7 Å². The molecule has 0 saturated heterocycles. The average molecular weight is 274 g/mol. The summed E-state index contributed by atoms with van der Waals surface area (Å²) in [4.78, 5) is 10.7. The third-order valence-corrected chi connectivity index (χ3v) is 2.27. The third-order valence-electron chi connectivity index (χ3n) is 2.27. The molecular weight excluding hydrogens is 248 g/mol. The first-order chi connectivity index (χ1) is 9.31. The van der Waals surface area contributed by atoms with Gasteiger partial charge in [-0.05, 0) is 6.42 Å². The molecule has 0 heterocycles. The summed E-state index contributed by atoms with van der Waals surface area (Å²) in [6, 6.07) is 0. The van der Waals surface area contributed by atoms with Crippen molar-refractivity contribution in [3.8, 4) is 0 Å². The lowest BCUT2D eigenvalue weighted by Crippen LogP contribution is -2.13. The van der Waals surface area contributed by atoms with Gasteiger partial charge in [-0.25, -0.2) is 4.79 Å². The Kier molecular flexibility index (Phi) is 14.4. The Morgan fingerprint density at radius 2 is 1.42 bits per heavy atom. The summed E-state index contributed by atoms with van der Waals surface area (Å²) < 4.78 is 20.7. The average Bonchev–Trinajstić information content (AvgIpc) is 2.43. The zero-order valence-electron chi connectivity index (χ0n) is 11.9. The van der Waals surface area contributed by atoms with Crippen molar-refractivity contribution in [2.24, 2.45) is 0 Å². The molecule has 112 valence electrons. The van der Waals surface area contributed by atoms with Gasteiger partial charge in [0, 0.05) is 12.7 Å². The first-order valence-corrected chi connectivity index (χ1v) is 6.83. The predicted molar refractivity (Wildman–Crippen MR) is 73.1 cm³/mol. The molecule has 0 rings (SSSR count). The van der Waals surface area contributed by atoms with E-state index in [-0.39, 0.29) is 6.61 Å². The summed E-state index contributed by atoms with van der Waals surface area (Å²) in [5, 5.41) is 0. The van der Waals surface area contributed by atoms with Crippen molar-refractivity contribution in [3.05, 3.63) is 12.7 Å². The van der Waals surface area contributed by atoms with Crippen molar-refractivity contribution in [2.45, 2.75) is 26.2 Å². The van der Waals surface area contributed by atoms with E-state index in [1.807, 2.05) is 0 Å². The molecule has 0 N–H and O–H groups in total. The van der Waals surface area contributed by atoms with E-state index in [2.05, 4.69) is 13.5 Å². The van der Waals surface area contributed by atoms with E-state index >= 15 is 0 Å². The number of esters is 1. The lowest BCUT2D eigenvalue weighted by atomic mass is 10.3. The van der Waals surface area contributed by atoms with Crippen molar-refractivity contribution in [1.82, 2.24) is 0 Å². The van der Waals surface area contributed by atoms with Gasteiger partial charge in [0.2, 0.25) is 0 Å². The maximum Gasteiger partial charge on any atom is 0.330 e.